The molecule has 0 bridgehead atoms. The fraction of sp³-hybridized carbons (Fsp3) is 0.500. The topological polar surface area (TPSA) is 42.7 Å². The molecule has 2 heterocycles. The highest BCUT2D eigenvalue weighted by Crippen LogP contribution is 2.20. The Hall–Kier alpha value is -1.68. The molecule has 20 heavy (non-hydrogen) atoms. The van der Waals surface area contributed by atoms with Crippen molar-refractivity contribution in [2.24, 2.45) is 0 Å². The number of aromatic nitrogens is 3. The molecule has 0 atom stereocenters. The number of pyridine rings is 1. The van der Waals surface area contributed by atoms with Crippen molar-refractivity contribution in [3.8, 4) is 5.82 Å². The highest BCUT2D eigenvalue weighted by Gasteiger charge is 2.13. The molecule has 2 aromatic heterocycles. The Labute approximate surface area is 121 Å². The lowest BCUT2D eigenvalue weighted by Gasteiger charge is -2.12. The van der Waals surface area contributed by atoms with Crippen LogP contribution in [0.4, 0.5) is 0 Å². The molecule has 4 heteroatoms. The van der Waals surface area contributed by atoms with Gasteiger partial charge in [-0.2, -0.15) is 5.10 Å². The molecule has 2 aromatic rings. The molecule has 0 amide bonds. The summed E-state index contributed by atoms with van der Waals surface area (Å²) < 4.78 is 1.95. The summed E-state index contributed by atoms with van der Waals surface area (Å²) in [5.74, 6) is 1.32. The van der Waals surface area contributed by atoms with Crippen molar-refractivity contribution < 1.29 is 0 Å². The first kappa shape index (κ1) is 14.7. The van der Waals surface area contributed by atoms with Crippen LogP contribution < -0.4 is 5.32 Å². The first-order chi connectivity index (χ1) is 9.43. The molecule has 0 aliphatic rings. The minimum absolute atomic E-state index is 0.406. The largest absolute Gasteiger partial charge is 0.316 e. The van der Waals surface area contributed by atoms with Gasteiger partial charge in [-0.05, 0) is 57.0 Å². The molecule has 0 aliphatic heterocycles. The third-order valence-corrected chi connectivity index (χ3v) is 3.73. The zero-order chi connectivity index (χ0) is 14.9. The normalized spacial score (nSPS) is 11.3. The van der Waals surface area contributed by atoms with Crippen LogP contribution in [0.5, 0.6) is 0 Å². The lowest BCUT2D eigenvalue weighted by molar-refractivity contribution is 0.749. The summed E-state index contributed by atoms with van der Waals surface area (Å²) in [6.07, 6.45) is 0. The Morgan fingerprint density at radius 1 is 1.20 bits per heavy atom. The van der Waals surface area contributed by atoms with E-state index < -0.39 is 0 Å². The maximum atomic E-state index is 4.77. The van der Waals surface area contributed by atoms with Gasteiger partial charge in [-0.25, -0.2) is 9.67 Å². The standard InChI is InChI=1S/C16H24N4/c1-10(2)15-7-14(9-17-6)8-16(18-15)20-13(5)11(3)12(4)19-20/h7-8,10,17H,9H2,1-6H3. The fourth-order valence-electron chi connectivity index (χ4n) is 2.25. The number of rotatable bonds is 4. The first-order valence-electron chi connectivity index (χ1n) is 7.12. The van der Waals surface area contributed by atoms with Gasteiger partial charge in [0.1, 0.15) is 0 Å². The Kier molecular flexibility index (Phi) is 4.23. The van der Waals surface area contributed by atoms with Gasteiger partial charge in [-0.1, -0.05) is 13.8 Å². The van der Waals surface area contributed by atoms with Crippen molar-refractivity contribution >= 4 is 0 Å². The molecule has 0 spiro atoms. The van der Waals surface area contributed by atoms with Gasteiger partial charge < -0.3 is 5.32 Å². The van der Waals surface area contributed by atoms with Crippen LogP contribution in [0, 0.1) is 20.8 Å². The Morgan fingerprint density at radius 3 is 2.40 bits per heavy atom. The molecule has 108 valence electrons. The number of aryl methyl sites for hydroxylation is 1. The summed E-state index contributed by atoms with van der Waals surface area (Å²) in [5.41, 5.74) is 5.81. The van der Waals surface area contributed by atoms with Crippen LogP contribution in [0.25, 0.3) is 5.82 Å². The van der Waals surface area contributed by atoms with E-state index in [1.54, 1.807) is 0 Å². The van der Waals surface area contributed by atoms with Crippen molar-refractivity contribution in [3.05, 3.63) is 40.3 Å². The number of hydrogen-bond acceptors (Lipinski definition) is 3. The van der Waals surface area contributed by atoms with E-state index in [1.165, 1.54) is 11.1 Å². The summed E-state index contributed by atoms with van der Waals surface area (Å²) >= 11 is 0. The van der Waals surface area contributed by atoms with Gasteiger partial charge in [-0.3, -0.25) is 0 Å². The molecule has 0 saturated carbocycles. The lowest BCUT2D eigenvalue weighted by Crippen LogP contribution is -2.10. The maximum absolute atomic E-state index is 4.77. The van der Waals surface area contributed by atoms with Gasteiger partial charge in [0.2, 0.25) is 0 Å². The molecule has 0 saturated heterocycles. The van der Waals surface area contributed by atoms with E-state index in [1.807, 2.05) is 18.7 Å². The average molecular weight is 272 g/mol. The quantitative estimate of drug-likeness (QED) is 0.930. The molecule has 1 N–H and O–H groups in total. The second-order valence-electron chi connectivity index (χ2n) is 5.65. The Bertz CT molecular complexity index is 611. The Balaban J connectivity index is 2.57. The van der Waals surface area contributed by atoms with Crippen LogP contribution in [0.2, 0.25) is 0 Å². The van der Waals surface area contributed by atoms with Gasteiger partial charge >= 0.3 is 0 Å². The van der Waals surface area contributed by atoms with Gasteiger partial charge in [0, 0.05) is 17.9 Å². The van der Waals surface area contributed by atoms with E-state index >= 15 is 0 Å². The van der Waals surface area contributed by atoms with Gasteiger partial charge in [0.05, 0.1) is 5.69 Å². The van der Waals surface area contributed by atoms with Crippen molar-refractivity contribution in [1.82, 2.24) is 20.1 Å². The minimum atomic E-state index is 0.406. The van der Waals surface area contributed by atoms with Crippen molar-refractivity contribution in [3.63, 3.8) is 0 Å². The molecule has 0 unspecified atom stereocenters. The lowest BCUT2D eigenvalue weighted by atomic mass is 10.1. The second kappa shape index (κ2) is 5.75. The SMILES string of the molecule is CNCc1cc(C(C)C)nc(-n2nc(C)c(C)c2C)c1. The maximum Gasteiger partial charge on any atom is 0.154 e. The molecular weight excluding hydrogens is 248 g/mol. The predicted molar refractivity (Wildman–Crippen MR) is 82.4 cm³/mol. The van der Waals surface area contributed by atoms with Gasteiger partial charge in [0.25, 0.3) is 0 Å². The molecule has 0 aliphatic carbocycles. The smallest absolute Gasteiger partial charge is 0.154 e. The van der Waals surface area contributed by atoms with Crippen LogP contribution in [0.1, 0.15) is 48.0 Å². The molecule has 4 nitrogen and oxygen atoms in total. The van der Waals surface area contributed by atoms with Crippen LogP contribution >= 0.6 is 0 Å². The minimum Gasteiger partial charge on any atom is -0.316 e. The molecule has 0 radical (unpaired) electrons. The summed E-state index contributed by atoms with van der Waals surface area (Å²) in [4.78, 5) is 4.77. The average Bonchev–Trinajstić information content (AvgIpc) is 2.66. The molecule has 0 fully saturated rings. The molecule has 0 aromatic carbocycles. The van der Waals surface area contributed by atoms with Crippen molar-refractivity contribution in [2.45, 2.75) is 47.1 Å². The number of nitrogens with one attached hydrogen (secondary N) is 1. The van der Waals surface area contributed by atoms with E-state index in [4.69, 9.17) is 4.98 Å². The summed E-state index contributed by atoms with van der Waals surface area (Å²) in [7, 11) is 1.96. The van der Waals surface area contributed by atoms with E-state index in [9.17, 15) is 0 Å². The number of hydrogen-bond donors (Lipinski definition) is 1. The zero-order valence-corrected chi connectivity index (χ0v) is 13.3. The zero-order valence-electron chi connectivity index (χ0n) is 13.3. The number of nitrogens with zero attached hydrogens (tertiary/aromatic N) is 3. The van der Waals surface area contributed by atoms with Gasteiger partial charge in [0.15, 0.2) is 5.82 Å². The van der Waals surface area contributed by atoms with Crippen LogP contribution in [-0.2, 0) is 6.54 Å². The summed E-state index contributed by atoms with van der Waals surface area (Å²) in [5, 5.41) is 7.82. The Morgan fingerprint density at radius 2 is 1.90 bits per heavy atom. The summed E-state index contributed by atoms with van der Waals surface area (Å²) in [6.45, 7) is 11.4. The summed E-state index contributed by atoms with van der Waals surface area (Å²) in [6, 6.07) is 4.28. The highest BCUT2D eigenvalue weighted by molar-refractivity contribution is 5.36. The van der Waals surface area contributed by atoms with Crippen molar-refractivity contribution in [2.75, 3.05) is 7.05 Å². The van der Waals surface area contributed by atoms with Crippen molar-refractivity contribution in [1.29, 1.82) is 0 Å². The van der Waals surface area contributed by atoms with E-state index in [0.29, 0.717) is 5.92 Å². The predicted octanol–water partition coefficient (Wildman–Crippen LogP) is 3.04. The fourth-order valence-corrected chi connectivity index (χ4v) is 2.25. The molecule has 2 rings (SSSR count). The highest BCUT2D eigenvalue weighted by atomic mass is 15.3. The third-order valence-electron chi connectivity index (χ3n) is 3.73. The second-order valence-corrected chi connectivity index (χ2v) is 5.65. The monoisotopic (exact) mass is 272 g/mol. The molecular formula is C16H24N4. The van der Waals surface area contributed by atoms with Gasteiger partial charge in [-0.15, -0.1) is 0 Å². The van der Waals surface area contributed by atoms with Crippen LogP contribution in [0.3, 0.4) is 0 Å². The van der Waals surface area contributed by atoms with E-state index in [-0.39, 0.29) is 0 Å². The van der Waals surface area contributed by atoms with Crippen LogP contribution in [-0.4, -0.2) is 21.8 Å². The first-order valence-corrected chi connectivity index (χ1v) is 7.12. The third kappa shape index (κ3) is 2.75. The van der Waals surface area contributed by atoms with Crippen LogP contribution in [0.15, 0.2) is 12.1 Å². The van der Waals surface area contributed by atoms with E-state index in [2.05, 4.69) is 50.2 Å². The van der Waals surface area contributed by atoms with E-state index in [0.717, 1.165) is 29.4 Å².